The standard InChI is InChI=1S/C16H34N2O2/c1-6-15(7-2)18(10-11-19)12-16(20)17-14(5)9-8-13(3)4/h13-15,19H,6-12H2,1-5H3,(H,17,20). The van der Waals surface area contributed by atoms with Crippen LogP contribution in [0.1, 0.15) is 60.3 Å². The summed E-state index contributed by atoms with van der Waals surface area (Å²) in [6, 6.07) is 0.599. The number of nitrogens with zero attached hydrogens (tertiary/aromatic N) is 1. The van der Waals surface area contributed by atoms with Crippen molar-refractivity contribution in [1.29, 1.82) is 0 Å². The number of hydrogen-bond acceptors (Lipinski definition) is 3. The molecule has 0 fully saturated rings. The SMILES string of the molecule is CCC(CC)N(CCO)CC(=O)NC(C)CCC(C)C. The lowest BCUT2D eigenvalue weighted by Gasteiger charge is -2.29. The van der Waals surface area contributed by atoms with Gasteiger partial charge in [-0.2, -0.15) is 0 Å². The lowest BCUT2D eigenvalue weighted by molar-refractivity contribution is -0.123. The Kier molecular flexibility index (Phi) is 10.8. The molecule has 0 aromatic heterocycles. The van der Waals surface area contributed by atoms with Crippen molar-refractivity contribution < 1.29 is 9.90 Å². The minimum absolute atomic E-state index is 0.0709. The second kappa shape index (κ2) is 11.1. The average molecular weight is 286 g/mol. The minimum Gasteiger partial charge on any atom is -0.395 e. The van der Waals surface area contributed by atoms with Crippen LogP contribution in [0.4, 0.5) is 0 Å². The Bertz CT molecular complexity index is 253. The van der Waals surface area contributed by atoms with E-state index in [1.807, 2.05) is 0 Å². The zero-order chi connectivity index (χ0) is 15.5. The zero-order valence-electron chi connectivity index (χ0n) is 14.0. The molecule has 120 valence electrons. The van der Waals surface area contributed by atoms with E-state index in [9.17, 15) is 4.79 Å². The van der Waals surface area contributed by atoms with E-state index in [4.69, 9.17) is 5.11 Å². The van der Waals surface area contributed by atoms with E-state index in [-0.39, 0.29) is 18.6 Å². The van der Waals surface area contributed by atoms with Gasteiger partial charge >= 0.3 is 0 Å². The minimum atomic E-state index is 0.0709. The van der Waals surface area contributed by atoms with Crippen LogP contribution in [0, 0.1) is 5.92 Å². The number of carbonyl (C=O) groups is 1. The predicted octanol–water partition coefficient (Wildman–Crippen LogP) is 2.41. The molecule has 0 aromatic rings. The van der Waals surface area contributed by atoms with Gasteiger partial charge in [0.05, 0.1) is 13.2 Å². The number of amides is 1. The highest BCUT2D eigenvalue weighted by molar-refractivity contribution is 5.78. The Hall–Kier alpha value is -0.610. The Labute approximate surface area is 124 Å². The van der Waals surface area contributed by atoms with Crippen LogP contribution in [-0.4, -0.2) is 47.7 Å². The Balaban J connectivity index is 4.24. The summed E-state index contributed by atoms with van der Waals surface area (Å²) in [7, 11) is 0. The summed E-state index contributed by atoms with van der Waals surface area (Å²) in [5.41, 5.74) is 0. The van der Waals surface area contributed by atoms with Crippen molar-refractivity contribution in [3.8, 4) is 0 Å². The summed E-state index contributed by atoms with van der Waals surface area (Å²) in [6.07, 6.45) is 4.17. The molecule has 0 aliphatic rings. The highest BCUT2D eigenvalue weighted by Crippen LogP contribution is 2.09. The second-order valence-corrected chi connectivity index (χ2v) is 6.10. The zero-order valence-corrected chi connectivity index (χ0v) is 14.0. The van der Waals surface area contributed by atoms with Gasteiger partial charge in [-0.3, -0.25) is 9.69 Å². The maximum absolute atomic E-state index is 12.1. The van der Waals surface area contributed by atoms with Gasteiger partial charge in [0.2, 0.25) is 5.91 Å². The van der Waals surface area contributed by atoms with Gasteiger partial charge in [-0.1, -0.05) is 27.7 Å². The van der Waals surface area contributed by atoms with Crippen molar-refractivity contribution >= 4 is 5.91 Å². The molecule has 0 aliphatic heterocycles. The van der Waals surface area contributed by atoms with Crippen LogP contribution >= 0.6 is 0 Å². The third-order valence-corrected chi connectivity index (χ3v) is 3.78. The molecule has 4 nitrogen and oxygen atoms in total. The molecule has 0 radical (unpaired) electrons. The van der Waals surface area contributed by atoms with E-state index < -0.39 is 0 Å². The van der Waals surface area contributed by atoms with E-state index in [1.54, 1.807) is 0 Å². The van der Waals surface area contributed by atoms with Crippen LogP contribution < -0.4 is 5.32 Å². The normalized spacial score (nSPS) is 13.2. The van der Waals surface area contributed by atoms with Crippen molar-refractivity contribution in [2.45, 2.75) is 72.4 Å². The molecule has 1 unspecified atom stereocenters. The molecule has 0 rings (SSSR count). The van der Waals surface area contributed by atoms with Crippen LogP contribution in [0.2, 0.25) is 0 Å². The number of aliphatic hydroxyl groups excluding tert-OH is 1. The first-order chi connectivity index (χ1) is 9.44. The van der Waals surface area contributed by atoms with Crippen LogP contribution in [0.15, 0.2) is 0 Å². The van der Waals surface area contributed by atoms with Crippen LogP contribution in [0.25, 0.3) is 0 Å². The molecule has 2 N–H and O–H groups in total. The summed E-state index contributed by atoms with van der Waals surface area (Å²) in [6.45, 7) is 11.8. The molecule has 0 spiro atoms. The van der Waals surface area contributed by atoms with Gasteiger partial charge in [0.15, 0.2) is 0 Å². The topological polar surface area (TPSA) is 52.6 Å². The fourth-order valence-corrected chi connectivity index (χ4v) is 2.48. The fraction of sp³-hybridized carbons (Fsp3) is 0.938. The van der Waals surface area contributed by atoms with E-state index >= 15 is 0 Å². The molecule has 0 aliphatic carbocycles. The monoisotopic (exact) mass is 286 g/mol. The maximum atomic E-state index is 12.1. The molecule has 1 amide bonds. The van der Waals surface area contributed by atoms with Gasteiger partial charge in [-0.05, 0) is 38.5 Å². The van der Waals surface area contributed by atoms with Crippen molar-refractivity contribution in [1.82, 2.24) is 10.2 Å². The quantitative estimate of drug-likeness (QED) is 0.613. The summed E-state index contributed by atoms with van der Waals surface area (Å²) < 4.78 is 0. The van der Waals surface area contributed by atoms with Gasteiger partial charge in [-0.25, -0.2) is 0 Å². The third-order valence-electron chi connectivity index (χ3n) is 3.78. The molecule has 0 aromatic carbocycles. The van der Waals surface area contributed by atoms with Gasteiger partial charge in [0.25, 0.3) is 0 Å². The first-order valence-corrected chi connectivity index (χ1v) is 8.08. The van der Waals surface area contributed by atoms with Gasteiger partial charge in [0.1, 0.15) is 0 Å². The molecule has 1 atom stereocenters. The number of aliphatic hydroxyl groups is 1. The highest BCUT2D eigenvalue weighted by atomic mass is 16.3. The fourth-order valence-electron chi connectivity index (χ4n) is 2.48. The predicted molar refractivity (Wildman–Crippen MR) is 84.7 cm³/mol. The molecular weight excluding hydrogens is 252 g/mol. The van der Waals surface area contributed by atoms with Crippen molar-refractivity contribution in [3.63, 3.8) is 0 Å². The Morgan fingerprint density at radius 2 is 1.75 bits per heavy atom. The van der Waals surface area contributed by atoms with E-state index in [2.05, 4.69) is 44.8 Å². The van der Waals surface area contributed by atoms with E-state index in [0.717, 1.165) is 25.7 Å². The van der Waals surface area contributed by atoms with Crippen molar-refractivity contribution in [3.05, 3.63) is 0 Å². The first-order valence-electron chi connectivity index (χ1n) is 8.08. The van der Waals surface area contributed by atoms with Crippen molar-refractivity contribution in [2.24, 2.45) is 5.92 Å². The van der Waals surface area contributed by atoms with Crippen molar-refractivity contribution in [2.75, 3.05) is 19.7 Å². The molecule has 0 heterocycles. The Morgan fingerprint density at radius 1 is 1.15 bits per heavy atom. The van der Waals surface area contributed by atoms with Crippen LogP contribution in [0.5, 0.6) is 0 Å². The van der Waals surface area contributed by atoms with Gasteiger partial charge < -0.3 is 10.4 Å². The molecule has 0 bridgehead atoms. The molecule has 20 heavy (non-hydrogen) atoms. The van der Waals surface area contributed by atoms with Crippen LogP contribution in [-0.2, 0) is 4.79 Å². The number of carbonyl (C=O) groups excluding carboxylic acids is 1. The summed E-state index contributed by atoms with van der Waals surface area (Å²) in [5.74, 6) is 0.742. The first kappa shape index (κ1) is 19.4. The van der Waals surface area contributed by atoms with Gasteiger partial charge in [-0.15, -0.1) is 0 Å². The molecule has 0 saturated carbocycles. The summed E-state index contributed by atoms with van der Waals surface area (Å²) in [5, 5.41) is 12.2. The lowest BCUT2D eigenvalue weighted by atomic mass is 10.0. The smallest absolute Gasteiger partial charge is 0.234 e. The van der Waals surface area contributed by atoms with E-state index in [0.29, 0.717) is 25.0 Å². The second-order valence-electron chi connectivity index (χ2n) is 6.10. The lowest BCUT2D eigenvalue weighted by Crippen LogP contribution is -2.46. The number of rotatable bonds is 11. The van der Waals surface area contributed by atoms with E-state index in [1.165, 1.54) is 0 Å². The van der Waals surface area contributed by atoms with Gasteiger partial charge in [0, 0.05) is 18.6 Å². The summed E-state index contributed by atoms with van der Waals surface area (Å²) >= 11 is 0. The largest absolute Gasteiger partial charge is 0.395 e. The number of hydrogen-bond donors (Lipinski definition) is 2. The molecule has 4 heteroatoms. The summed E-state index contributed by atoms with van der Waals surface area (Å²) in [4.78, 5) is 14.2. The average Bonchev–Trinajstić information content (AvgIpc) is 2.37. The molecular formula is C16H34N2O2. The molecule has 0 saturated heterocycles. The Morgan fingerprint density at radius 3 is 2.20 bits per heavy atom. The highest BCUT2D eigenvalue weighted by Gasteiger charge is 2.18. The maximum Gasteiger partial charge on any atom is 0.234 e. The van der Waals surface area contributed by atoms with Crippen LogP contribution in [0.3, 0.4) is 0 Å². The third kappa shape index (κ3) is 8.54. The number of nitrogens with one attached hydrogen (secondary N) is 1.